The molecule has 0 fully saturated rings. The van der Waals surface area contributed by atoms with Crippen LogP contribution in [0.3, 0.4) is 0 Å². The lowest BCUT2D eigenvalue weighted by Crippen LogP contribution is -2.21. The molecule has 0 saturated heterocycles. The minimum Gasteiger partial charge on any atom is -0.493 e. The second-order valence-electron chi connectivity index (χ2n) is 11.0. The molecule has 3 rings (SSSR count). The third-order valence-corrected chi connectivity index (χ3v) is 7.31. The molecule has 0 aliphatic carbocycles. The Morgan fingerprint density at radius 1 is 0.619 bits per heavy atom. The number of fused-ring (bicyclic) bond motifs is 1. The molecule has 2 aromatic carbocycles. The van der Waals surface area contributed by atoms with E-state index >= 15 is 0 Å². The fourth-order valence-electron chi connectivity index (χ4n) is 4.70. The molecule has 2 aromatic rings. The zero-order chi connectivity index (χ0) is 30.2. The van der Waals surface area contributed by atoms with E-state index < -0.39 is 12.2 Å². The summed E-state index contributed by atoms with van der Waals surface area (Å²) in [5, 5.41) is 11.4. The summed E-state index contributed by atoms with van der Waals surface area (Å²) in [4.78, 5) is 0. The number of unbranched alkanes of at least 4 members (excludes halogenated alkanes) is 5. The predicted octanol–water partition coefficient (Wildman–Crippen LogP) is 9.14. The second kappa shape index (κ2) is 18.7. The van der Waals surface area contributed by atoms with Crippen molar-refractivity contribution in [1.82, 2.24) is 0 Å². The number of aliphatic hydroxyl groups excluding tert-OH is 1. The third-order valence-electron chi connectivity index (χ3n) is 7.31. The highest BCUT2D eigenvalue weighted by molar-refractivity contribution is 5.56. The molecule has 1 N–H and O–H groups in total. The van der Waals surface area contributed by atoms with Gasteiger partial charge in [-0.2, -0.15) is 0 Å². The van der Waals surface area contributed by atoms with Crippen LogP contribution in [0.5, 0.6) is 34.5 Å². The van der Waals surface area contributed by atoms with Crippen LogP contribution in [0.25, 0.3) is 0 Å². The molecule has 0 spiro atoms. The third kappa shape index (κ3) is 9.89. The molecular weight excluding hydrogens is 532 g/mol. The Morgan fingerprint density at radius 2 is 1.10 bits per heavy atom. The average Bonchev–Trinajstić information content (AvgIpc) is 2.98. The lowest BCUT2D eigenvalue weighted by molar-refractivity contribution is 0.0617. The first-order valence-corrected chi connectivity index (χ1v) is 16.4. The quantitative estimate of drug-likeness (QED) is 0.146. The van der Waals surface area contributed by atoms with E-state index in [1.807, 2.05) is 24.3 Å². The number of hydrogen-bond acceptors (Lipinski definition) is 7. The Hall–Kier alpha value is -2.80. The van der Waals surface area contributed by atoms with Gasteiger partial charge in [0.1, 0.15) is 23.4 Å². The van der Waals surface area contributed by atoms with Gasteiger partial charge in [-0.1, -0.05) is 66.7 Å². The highest BCUT2D eigenvalue weighted by Gasteiger charge is 2.33. The number of rotatable bonds is 21. The molecule has 7 heteroatoms. The Kier molecular flexibility index (Phi) is 15.0. The standard InChI is InChI=1S/C35H54O7/c1-6-11-16-37-27-23-30(38-17-12-7-2)34-28(36)25-29(42-31(34)24-27)26-21-32(39-18-13-8-3)35(41-20-15-10-5)33(22-26)40-19-14-9-4/h21-24,28-29,36H,6-20,25H2,1-5H3/t28?,29-/m0/s1. The Labute approximate surface area is 253 Å². The first-order chi connectivity index (χ1) is 20.6. The molecule has 1 heterocycles. The van der Waals surface area contributed by atoms with Crippen LogP contribution in [0.4, 0.5) is 0 Å². The molecule has 1 unspecified atom stereocenters. The van der Waals surface area contributed by atoms with Gasteiger partial charge < -0.3 is 33.5 Å². The van der Waals surface area contributed by atoms with Crippen LogP contribution < -0.4 is 28.4 Å². The molecule has 0 amide bonds. The van der Waals surface area contributed by atoms with Crippen molar-refractivity contribution in [3.05, 3.63) is 35.4 Å². The molecule has 2 atom stereocenters. The molecule has 0 saturated carbocycles. The topological polar surface area (TPSA) is 75.6 Å². The molecule has 236 valence electrons. The fraction of sp³-hybridized carbons (Fsp3) is 0.657. The van der Waals surface area contributed by atoms with Crippen molar-refractivity contribution in [3.8, 4) is 34.5 Å². The van der Waals surface area contributed by atoms with Crippen LogP contribution >= 0.6 is 0 Å². The van der Waals surface area contributed by atoms with Gasteiger partial charge in [-0.05, 0) is 44.2 Å². The summed E-state index contributed by atoms with van der Waals surface area (Å²) in [5.74, 6) is 3.87. The first kappa shape index (κ1) is 33.7. The van der Waals surface area contributed by atoms with E-state index in [9.17, 15) is 5.11 Å². The van der Waals surface area contributed by atoms with Gasteiger partial charge in [-0.25, -0.2) is 0 Å². The molecule has 0 aromatic heterocycles. The Morgan fingerprint density at radius 3 is 1.62 bits per heavy atom. The smallest absolute Gasteiger partial charge is 0.203 e. The fourth-order valence-corrected chi connectivity index (χ4v) is 4.70. The maximum absolute atomic E-state index is 11.4. The van der Waals surface area contributed by atoms with Gasteiger partial charge in [0.05, 0.1) is 44.7 Å². The molecule has 42 heavy (non-hydrogen) atoms. The molecule has 1 aliphatic rings. The number of benzene rings is 2. The summed E-state index contributed by atoms with van der Waals surface area (Å²) in [6, 6.07) is 7.75. The molecule has 0 radical (unpaired) electrons. The van der Waals surface area contributed by atoms with E-state index in [1.165, 1.54) is 0 Å². The molecule has 1 aliphatic heterocycles. The van der Waals surface area contributed by atoms with Gasteiger partial charge in [0.25, 0.3) is 0 Å². The van der Waals surface area contributed by atoms with Crippen molar-refractivity contribution in [2.45, 2.75) is 117 Å². The summed E-state index contributed by atoms with van der Waals surface area (Å²) < 4.78 is 37.6. The van der Waals surface area contributed by atoms with Crippen LogP contribution in [0.15, 0.2) is 24.3 Å². The van der Waals surface area contributed by atoms with Crippen molar-refractivity contribution in [2.75, 3.05) is 33.0 Å². The average molecular weight is 587 g/mol. The summed E-state index contributed by atoms with van der Waals surface area (Å²) in [5.41, 5.74) is 1.56. The minimum atomic E-state index is -0.755. The van der Waals surface area contributed by atoms with Crippen LogP contribution in [-0.4, -0.2) is 38.1 Å². The largest absolute Gasteiger partial charge is 0.493 e. The normalized spacial score (nSPS) is 16.0. The Bertz CT molecular complexity index is 1020. The lowest BCUT2D eigenvalue weighted by atomic mass is 9.93. The van der Waals surface area contributed by atoms with E-state index in [0.29, 0.717) is 79.5 Å². The van der Waals surface area contributed by atoms with Crippen LogP contribution in [0.2, 0.25) is 0 Å². The molecular formula is C35H54O7. The zero-order valence-corrected chi connectivity index (χ0v) is 26.7. The summed E-state index contributed by atoms with van der Waals surface area (Å²) >= 11 is 0. The van der Waals surface area contributed by atoms with Crippen molar-refractivity contribution in [2.24, 2.45) is 0 Å². The monoisotopic (exact) mass is 586 g/mol. The van der Waals surface area contributed by atoms with Gasteiger partial charge >= 0.3 is 0 Å². The molecule has 7 nitrogen and oxygen atoms in total. The summed E-state index contributed by atoms with van der Waals surface area (Å²) in [7, 11) is 0. The SMILES string of the molecule is CCCCOc1cc(OCCCC)c2c(c1)O[C@H](c1cc(OCCCC)c(OCCCC)c(OCCCC)c1)CC2O. The van der Waals surface area contributed by atoms with Crippen molar-refractivity contribution < 1.29 is 33.5 Å². The van der Waals surface area contributed by atoms with Crippen LogP contribution in [0, 0.1) is 0 Å². The van der Waals surface area contributed by atoms with Crippen molar-refractivity contribution in [3.63, 3.8) is 0 Å². The van der Waals surface area contributed by atoms with Gasteiger partial charge in [0, 0.05) is 24.1 Å². The van der Waals surface area contributed by atoms with E-state index in [1.54, 1.807) is 0 Å². The maximum atomic E-state index is 11.4. The second-order valence-corrected chi connectivity index (χ2v) is 11.0. The number of hydrogen-bond donors (Lipinski definition) is 1. The van der Waals surface area contributed by atoms with E-state index in [0.717, 1.165) is 69.8 Å². The predicted molar refractivity (Wildman–Crippen MR) is 168 cm³/mol. The zero-order valence-electron chi connectivity index (χ0n) is 26.7. The highest BCUT2D eigenvalue weighted by atomic mass is 16.5. The minimum absolute atomic E-state index is 0.381. The van der Waals surface area contributed by atoms with E-state index in [2.05, 4.69) is 34.6 Å². The van der Waals surface area contributed by atoms with E-state index in [-0.39, 0.29) is 0 Å². The molecule has 0 bridgehead atoms. The van der Waals surface area contributed by atoms with Gasteiger partial charge in [0.15, 0.2) is 11.5 Å². The van der Waals surface area contributed by atoms with Crippen molar-refractivity contribution >= 4 is 0 Å². The van der Waals surface area contributed by atoms with Crippen molar-refractivity contribution in [1.29, 1.82) is 0 Å². The first-order valence-electron chi connectivity index (χ1n) is 16.4. The number of ether oxygens (including phenoxy) is 6. The van der Waals surface area contributed by atoms with E-state index in [4.69, 9.17) is 28.4 Å². The Balaban J connectivity index is 1.99. The van der Waals surface area contributed by atoms with Crippen LogP contribution in [0.1, 0.15) is 129 Å². The van der Waals surface area contributed by atoms with Gasteiger partial charge in [0.2, 0.25) is 5.75 Å². The summed E-state index contributed by atoms with van der Waals surface area (Å²) in [6.07, 6.45) is 9.13. The van der Waals surface area contributed by atoms with Gasteiger partial charge in [-0.3, -0.25) is 0 Å². The maximum Gasteiger partial charge on any atom is 0.203 e. The highest BCUT2D eigenvalue weighted by Crippen LogP contribution is 2.49. The lowest BCUT2D eigenvalue weighted by Gasteiger charge is -2.32. The number of aliphatic hydroxyl groups is 1. The van der Waals surface area contributed by atoms with Crippen LogP contribution in [-0.2, 0) is 0 Å². The van der Waals surface area contributed by atoms with Gasteiger partial charge in [-0.15, -0.1) is 0 Å². The summed E-state index contributed by atoms with van der Waals surface area (Å²) in [6.45, 7) is 13.7.